The fraction of sp³-hybridized carbons (Fsp3) is 0.500. The zero-order valence-corrected chi connectivity index (χ0v) is 11.2. The van der Waals surface area contributed by atoms with Crippen molar-refractivity contribution in [3.05, 3.63) is 28.8 Å². The van der Waals surface area contributed by atoms with Gasteiger partial charge >= 0.3 is 6.36 Å². The Morgan fingerprint density at radius 1 is 1.32 bits per heavy atom. The molecule has 0 saturated carbocycles. The predicted molar refractivity (Wildman–Crippen MR) is 65.9 cm³/mol. The molecule has 0 heterocycles. The van der Waals surface area contributed by atoms with Gasteiger partial charge in [-0.15, -0.1) is 13.2 Å². The molecule has 2 atom stereocenters. The van der Waals surface area contributed by atoms with Gasteiger partial charge in [0.25, 0.3) is 0 Å². The minimum atomic E-state index is -4.80. The molecular weight excluding hydrogens is 283 g/mol. The SMILES string of the molecule is CC(C)[C@@H](O)[C@@H](N)c1ccc(OC(F)(F)F)c(Cl)c1. The normalized spacial score (nSPS) is 15.4. The van der Waals surface area contributed by atoms with Gasteiger partial charge in [0.05, 0.1) is 17.2 Å². The highest BCUT2D eigenvalue weighted by molar-refractivity contribution is 6.32. The monoisotopic (exact) mass is 297 g/mol. The van der Waals surface area contributed by atoms with E-state index in [1.807, 2.05) is 0 Å². The molecule has 0 amide bonds. The maximum Gasteiger partial charge on any atom is 0.573 e. The second kappa shape index (κ2) is 5.98. The summed E-state index contributed by atoms with van der Waals surface area (Å²) in [5, 5.41) is 9.61. The van der Waals surface area contributed by atoms with Crippen molar-refractivity contribution in [3.8, 4) is 5.75 Å². The first-order valence-corrected chi connectivity index (χ1v) is 5.98. The summed E-state index contributed by atoms with van der Waals surface area (Å²) in [7, 11) is 0. The maximum absolute atomic E-state index is 12.1. The van der Waals surface area contributed by atoms with E-state index < -0.39 is 24.3 Å². The van der Waals surface area contributed by atoms with Crippen molar-refractivity contribution in [2.24, 2.45) is 11.7 Å². The molecule has 0 bridgehead atoms. The van der Waals surface area contributed by atoms with Gasteiger partial charge in [-0.05, 0) is 23.6 Å². The summed E-state index contributed by atoms with van der Waals surface area (Å²) in [6.07, 6.45) is -5.62. The Labute approximate surface area is 114 Å². The van der Waals surface area contributed by atoms with Gasteiger partial charge in [-0.3, -0.25) is 0 Å². The van der Waals surface area contributed by atoms with E-state index in [1.165, 1.54) is 12.1 Å². The average Bonchev–Trinajstić information content (AvgIpc) is 2.28. The molecule has 0 aromatic heterocycles. The van der Waals surface area contributed by atoms with Gasteiger partial charge in [-0.1, -0.05) is 31.5 Å². The van der Waals surface area contributed by atoms with E-state index in [4.69, 9.17) is 17.3 Å². The Balaban J connectivity index is 2.94. The Bertz CT molecular complexity index is 437. The van der Waals surface area contributed by atoms with Crippen LogP contribution in [0.4, 0.5) is 13.2 Å². The van der Waals surface area contributed by atoms with Crippen molar-refractivity contribution in [2.75, 3.05) is 0 Å². The van der Waals surface area contributed by atoms with Crippen molar-refractivity contribution in [1.29, 1.82) is 0 Å². The smallest absolute Gasteiger partial charge is 0.404 e. The van der Waals surface area contributed by atoms with E-state index >= 15 is 0 Å². The van der Waals surface area contributed by atoms with Crippen LogP contribution in [0, 0.1) is 5.92 Å². The van der Waals surface area contributed by atoms with Crippen LogP contribution in [0.1, 0.15) is 25.5 Å². The highest BCUT2D eigenvalue weighted by Crippen LogP contribution is 2.32. The number of alkyl halides is 3. The largest absolute Gasteiger partial charge is 0.573 e. The Hall–Kier alpha value is -0.980. The van der Waals surface area contributed by atoms with E-state index in [0.717, 1.165) is 6.07 Å². The van der Waals surface area contributed by atoms with E-state index in [-0.39, 0.29) is 10.9 Å². The molecule has 0 saturated heterocycles. The molecule has 0 aliphatic carbocycles. The first kappa shape index (κ1) is 16.1. The summed E-state index contributed by atoms with van der Waals surface area (Å²) in [6, 6.07) is 2.97. The lowest BCUT2D eigenvalue weighted by Crippen LogP contribution is -2.30. The first-order valence-electron chi connectivity index (χ1n) is 5.60. The molecule has 0 unspecified atom stereocenters. The van der Waals surface area contributed by atoms with Gasteiger partial charge in [-0.25, -0.2) is 0 Å². The van der Waals surface area contributed by atoms with Crippen molar-refractivity contribution < 1.29 is 23.0 Å². The summed E-state index contributed by atoms with van der Waals surface area (Å²) in [4.78, 5) is 0. The zero-order chi connectivity index (χ0) is 14.8. The number of hydrogen-bond donors (Lipinski definition) is 2. The quantitative estimate of drug-likeness (QED) is 0.897. The minimum absolute atomic E-state index is 0.0834. The summed E-state index contributed by atoms with van der Waals surface area (Å²) in [5.41, 5.74) is 6.26. The van der Waals surface area contributed by atoms with E-state index in [0.29, 0.717) is 5.56 Å². The van der Waals surface area contributed by atoms with Crippen molar-refractivity contribution in [2.45, 2.75) is 32.4 Å². The molecule has 3 N–H and O–H groups in total. The van der Waals surface area contributed by atoms with Crippen molar-refractivity contribution in [3.63, 3.8) is 0 Å². The van der Waals surface area contributed by atoms with Gasteiger partial charge in [0.1, 0.15) is 5.75 Å². The third-order valence-electron chi connectivity index (χ3n) is 2.62. The third kappa shape index (κ3) is 4.56. The van der Waals surface area contributed by atoms with Crippen molar-refractivity contribution >= 4 is 11.6 Å². The van der Waals surface area contributed by atoms with E-state index in [2.05, 4.69) is 4.74 Å². The van der Waals surface area contributed by atoms with Crippen LogP contribution >= 0.6 is 11.6 Å². The topological polar surface area (TPSA) is 55.5 Å². The second-order valence-corrected chi connectivity index (χ2v) is 4.91. The summed E-state index contributed by atoms with van der Waals surface area (Å²) >= 11 is 5.70. The van der Waals surface area contributed by atoms with Gasteiger partial charge in [0, 0.05) is 0 Å². The number of rotatable bonds is 4. The number of aliphatic hydroxyl groups excluding tert-OH is 1. The number of hydrogen-bond acceptors (Lipinski definition) is 3. The molecule has 7 heteroatoms. The third-order valence-corrected chi connectivity index (χ3v) is 2.91. The fourth-order valence-electron chi connectivity index (χ4n) is 1.54. The molecule has 108 valence electrons. The van der Waals surface area contributed by atoms with Crippen LogP contribution in [0.2, 0.25) is 5.02 Å². The lowest BCUT2D eigenvalue weighted by atomic mass is 9.94. The molecule has 0 spiro atoms. The van der Waals surface area contributed by atoms with Crippen LogP contribution in [0.15, 0.2) is 18.2 Å². The summed E-state index contributed by atoms with van der Waals surface area (Å²) < 4.78 is 39.9. The van der Waals surface area contributed by atoms with Crippen LogP contribution in [-0.4, -0.2) is 17.6 Å². The second-order valence-electron chi connectivity index (χ2n) is 4.50. The van der Waals surface area contributed by atoms with E-state index in [1.54, 1.807) is 13.8 Å². The summed E-state index contributed by atoms with van der Waals surface area (Å²) in [6.45, 7) is 3.57. The van der Waals surface area contributed by atoms with Gasteiger partial charge in [-0.2, -0.15) is 0 Å². The Morgan fingerprint density at radius 2 is 1.89 bits per heavy atom. The molecule has 3 nitrogen and oxygen atoms in total. The molecule has 1 aromatic rings. The number of halogens is 4. The average molecular weight is 298 g/mol. The molecule has 19 heavy (non-hydrogen) atoms. The molecule has 1 aromatic carbocycles. The number of ether oxygens (including phenoxy) is 1. The Kier molecular flexibility index (Phi) is 5.06. The van der Waals surface area contributed by atoms with E-state index in [9.17, 15) is 18.3 Å². The number of aliphatic hydroxyl groups is 1. The Morgan fingerprint density at radius 3 is 2.32 bits per heavy atom. The van der Waals surface area contributed by atoms with Crippen molar-refractivity contribution in [1.82, 2.24) is 0 Å². The van der Waals surface area contributed by atoms with Crippen LogP contribution in [-0.2, 0) is 0 Å². The van der Waals surface area contributed by atoms with Crippen LogP contribution in [0.25, 0.3) is 0 Å². The minimum Gasteiger partial charge on any atom is -0.404 e. The maximum atomic E-state index is 12.1. The molecule has 0 aliphatic rings. The standard InChI is InChI=1S/C12H15ClF3NO2/c1-6(2)11(18)10(17)7-3-4-9(8(13)5-7)19-12(14,15)16/h3-6,10-11,18H,17H2,1-2H3/t10-,11+/m0/s1. The van der Waals surface area contributed by atoms with Gasteiger partial charge in [0.2, 0.25) is 0 Å². The molecule has 0 fully saturated rings. The molecule has 1 rings (SSSR count). The predicted octanol–water partition coefficient (Wildman–Crippen LogP) is 3.26. The lowest BCUT2D eigenvalue weighted by Gasteiger charge is -2.23. The highest BCUT2D eigenvalue weighted by atomic mass is 35.5. The molecule has 0 radical (unpaired) electrons. The van der Waals surface area contributed by atoms with Crippen LogP contribution in [0.5, 0.6) is 5.75 Å². The molecule has 0 aliphatic heterocycles. The molecular formula is C12H15ClF3NO2. The highest BCUT2D eigenvalue weighted by Gasteiger charge is 2.32. The zero-order valence-electron chi connectivity index (χ0n) is 10.4. The van der Waals surface area contributed by atoms with Gasteiger partial charge < -0.3 is 15.6 Å². The van der Waals surface area contributed by atoms with Crippen LogP contribution < -0.4 is 10.5 Å². The van der Waals surface area contributed by atoms with Crippen LogP contribution in [0.3, 0.4) is 0 Å². The number of benzene rings is 1. The fourth-order valence-corrected chi connectivity index (χ4v) is 1.77. The first-order chi connectivity index (χ1) is 8.61. The summed E-state index contributed by atoms with van der Waals surface area (Å²) in [5.74, 6) is -0.580. The number of nitrogens with two attached hydrogens (primary N) is 1. The van der Waals surface area contributed by atoms with Gasteiger partial charge in [0.15, 0.2) is 0 Å². The lowest BCUT2D eigenvalue weighted by molar-refractivity contribution is -0.274.